The summed E-state index contributed by atoms with van der Waals surface area (Å²) in [7, 11) is 0. The van der Waals surface area contributed by atoms with Crippen LogP contribution in [0.25, 0.3) is 11.1 Å². The third-order valence-electron chi connectivity index (χ3n) is 10.7. The number of hydrogen-bond acceptors (Lipinski definition) is 5. The molecule has 0 spiro atoms. The predicted molar refractivity (Wildman–Crippen MR) is 144 cm³/mol. The number of rotatable bonds is 8. The van der Waals surface area contributed by atoms with E-state index < -0.39 is 17.6 Å². The van der Waals surface area contributed by atoms with E-state index in [1.54, 1.807) is 0 Å². The van der Waals surface area contributed by atoms with Crippen molar-refractivity contribution in [1.82, 2.24) is 19.9 Å². The van der Waals surface area contributed by atoms with Crippen molar-refractivity contribution in [2.24, 2.45) is 16.7 Å². The Labute approximate surface area is 236 Å². The highest BCUT2D eigenvalue weighted by Crippen LogP contribution is 2.70. The lowest BCUT2D eigenvalue weighted by atomic mass is 9.41. The van der Waals surface area contributed by atoms with Gasteiger partial charge in [-0.2, -0.15) is 18.9 Å². The zero-order valence-corrected chi connectivity index (χ0v) is 22.9. The minimum Gasteiger partial charge on any atom is -0.339 e. The van der Waals surface area contributed by atoms with Crippen LogP contribution in [0.5, 0.6) is 0 Å². The maximum Gasteiger partial charge on any atom is 0.333 e. The lowest BCUT2D eigenvalue weighted by molar-refractivity contribution is -0.211. The zero-order chi connectivity index (χ0) is 28.0. The molecule has 216 valence electrons. The zero-order valence-electron chi connectivity index (χ0n) is 22.9. The summed E-state index contributed by atoms with van der Waals surface area (Å²) in [5.41, 5.74) is 0.187. The maximum absolute atomic E-state index is 14.6. The highest BCUT2D eigenvalue weighted by atomic mass is 19.3. The van der Waals surface area contributed by atoms with E-state index in [9.17, 15) is 18.0 Å². The number of hydrogen-bond donors (Lipinski definition) is 0. The Kier molecular flexibility index (Phi) is 5.55. The Bertz CT molecular complexity index is 1480. The second-order valence-electron chi connectivity index (χ2n) is 13.7. The van der Waals surface area contributed by atoms with Crippen molar-refractivity contribution in [3.8, 4) is 11.1 Å². The first kappa shape index (κ1) is 25.5. The molecule has 3 aromatic rings. The fourth-order valence-electron chi connectivity index (χ4n) is 8.46. The van der Waals surface area contributed by atoms with Gasteiger partial charge in [-0.25, -0.2) is 9.07 Å². The summed E-state index contributed by atoms with van der Waals surface area (Å²) < 4.78 is 47.3. The smallest absolute Gasteiger partial charge is 0.333 e. The minimum atomic E-state index is -2.72. The van der Waals surface area contributed by atoms with Crippen LogP contribution < -0.4 is 4.90 Å². The topological polar surface area (TPSA) is 77.1 Å². The standard InChI is InChI=1S/C31H34F3N5O2/c32-28(33)39-14-22(13-35-39)20-3-1-5-23(11-20)38(27(40)30-15-31(34,16-30)17-30)18-29-9-2-4-21(12-29)24(8-10-29)26-36-25(37-41-26)19-6-7-19/h1,3,5,11,13-14,19,21,24,28H,2,4,6-10,12,15-18H2. The van der Waals surface area contributed by atoms with E-state index in [1.807, 2.05) is 29.2 Å². The van der Waals surface area contributed by atoms with Gasteiger partial charge in [-0.15, -0.1) is 0 Å². The molecule has 2 aromatic heterocycles. The van der Waals surface area contributed by atoms with Gasteiger partial charge in [0.15, 0.2) is 5.82 Å². The molecular weight excluding hydrogens is 531 g/mol. The van der Waals surface area contributed by atoms with Crippen molar-refractivity contribution < 1.29 is 22.5 Å². The molecule has 1 aromatic carbocycles. The Morgan fingerprint density at radius 1 is 1.12 bits per heavy atom. The number of nitrogens with zero attached hydrogens (tertiary/aromatic N) is 5. The van der Waals surface area contributed by atoms with Gasteiger partial charge in [0, 0.05) is 35.8 Å². The first-order chi connectivity index (χ1) is 19.7. The molecule has 7 nitrogen and oxygen atoms in total. The van der Waals surface area contributed by atoms with Gasteiger partial charge >= 0.3 is 6.55 Å². The SMILES string of the molecule is O=C(N(CC12CCCC(C1)C(c1nc(C3CC3)no1)CC2)c1cccc(-c2cnn(C(F)F)c2)c1)C12CC(F)(C1)C2. The van der Waals surface area contributed by atoms with Gasteiger partial charge in [-0.05, 0) is 93.2 Å². The van der Waals surface area contributed by atoms with Crippen LogP contribution >= 0.6 is 0 Å². The lowest BCUT2D eigenvalue weighted by Gasteiger charge is -2.65. The van der Waals surface area contributed by atoms with Gasteiger partial charge in [0.2, 0.25) is 11.8 Å². The summed E-state index contributed by atoms with van der Waals surface area (Å²) in [4.78, 5) is 20.9. The molecule has 0 radical (unpaired) electrons. The van der Waals surface area contributed by atoms with Crippen molar-refractivity contribution in [1.29, 1.82) is 0 Å². The molecule has 41 heavy (non-hydrogen) atoms. The van der Waals surface area contributed by atoms with Crippen LogP contribution in [0, 0.1) is 16.7 Å². The van der Waals surface area contributed by atoms with Crippen LogP contribution in [0.15, 0.2) is 41.2 Å². The first-order valence-corrected chi connectivity index (χ1v) is 15.0. The number of carbonyl (C=O) groups is 1. The van der Waals surface area contributed by atoms with Crippen molar-refractivity contribution in [3.05, 3.63) is 48.4 Å². The van der Waals surface area contributed by atoms with Gasteiger partial charge < -0.3 is 9.42 Å². The molecule has 9 rings (SSSR count). The summed E-state index contributed by atoms with van der Waals surface area (Å²) in [6, 6.07) is 7.50. The number of carbonyl (C=O) groups excluding carboxylic acids is 1. The average Bonchev–Trinajstić information content (AvgIpc) is 3.44. The number of alkyl halides is 3. The van der Waals surface area contributed by atoms with Crippen LogP contribution in [0.1, 0.15) is 101 Å². The summed E-state index contributed by atoms with van der Waals surface area (Å²) in [5, 5.41) is 8.05. The fourth-order valence-corrected chi connectivity index (χ4v) is 8.46. The Morgan fingerprint density at radius 3 is 2.68 bits per heavy atom. The Morgan fingerprint density at radius 2 is 1.95 bits per heavy atom. The van der Waals surface area contributed by atoms with E-state index in [0.29, 0.717) is 47.9 Å². The predicted octanol–water partition coefficient (Wildman–Crippen LogP) is 7.19. The van der Waals surface area contributed by atoms with E-state index in [2.05, 4.69) is 10.3 Å². The summed E-state index contributed by atoms with van der Waals surface area (Å²) in [6.45, 7) is -2.14. The number of halogens is 3. The molecule has 3 unspecified atom stereocenters. The van der Waals surface area contributed by atoms with Gasteiger partial charge in [0.25, 0.3) is 0 Å². The molecule has 3 atom stereocenters. The van der Waals surface area contributed by atoms with Crippen LogP contribution in [0.3, 0.4) is 0 Å². The van der Waals surface area contributed by atoms with Crippen molar-refractivity contribution >= 4 is 11.6 Å². The number of aromatic nitrogens is 4. The van der Waals surface area contributed by atoms with Gasteiger partial charge in [0.1, 0.15) is 5.67 Å². The number of fused-ring (bicyclic) bond motifs is 2. The monoisotopic (exact) mass is 565 g/mol. The average molecular weight is 566 g/mol. The second-order valence-corrected chi connectivity index (χ2v) is 13.7. The fraction of sp³-hybridized carbons (Fsp3) is 0.613. The van der Waals surface area contributed by atoms with Crippen molar-refractivity contribution in [2.45, 2.75) is 94.7 Å². The quantitative estimate of drug-likeness (QED) is 0.289. The van der Waals surface area contributed by atoms with E-state index in [4.69, 9.17) is 9.51 Å². The molecule has 4 bridgehead atoms. The molecule has 1 amide bonds. The number of amides is 1. The van der Waals surface area contributed by atoms with Crippen LogP contribution in [0.2, 0.25) is 0 Å². The summed E-state index contributed by atoms with van der Waals surface area (Å²) >= 11 is 0. The second kappa shape index (κ2) is 8.91. The minimum absolute atomic E-state index is 0.00190. The molecule has 0 aliphatic heterocycles. The summed E-state index contributed by atoms with van der Waals surface area (Å²) in [6.07, 6.45) is 12.0. The van der Waals surface area contributed by atoms with Gasteiger partial charge in [-0.3, -0.25) is 4.79 Å². The number of benzene rings is 1. The normalized spacial score (nSPS) is 33.8. The Hall–Kier alpha value is -3.17. The van der Waals surface area contributed by atoms with E-state index in [-0.39, 0.29) is 17.2 Å². The number of anilines is 1. The van der Waals surface area contributed by atoms with Crippen LogP contribution in [-0.2, 0) is 4.79 Å². The molecule has 10 heteroatoms. The van der Waals surface area contributed by atoms with Gasteiger partial charge in [0.05, 0.1) is 11.6 Å². The molecule has 6 aliphatic rings. The summed E-state index contributed by atoms with van der Waals surface area (Å²) in [5.74, 6) is 2.78. The third-order valence-corrected chi connectivity index (χ3v) is 10.7. The third kappa shape index (κ3) is 4.23. The lowest BCUT2D eigenvalue weighted by Crippen LogP contribution is -2.71. The molecule has 6 saturated carbocycles. The molecular formula is C31H34F3N5O2. The highest BCUT2D eigenvalue weighted by molar-refractivity contribution is 6.00. The Balaban J connectivity index is 1.08. The maximum atomic E-state index is 14.6. The van der Waals surface area contributed by atoms with Crippen LogP contribution in [0.4, 0.5) is 18.9 Å². The van der Waals surface area contributed by atoms with Crippen LogP contribution in [-0.4, -0.2) is 38.0 Å². The highest BCUT2D eigenvalue weighted by Gasteiger charge is 2.73. The van der Waals surface area contributed by atoms with Crippen molar-refractivity contribution in [3.63, 3.8) is 0 Å². The molecule has 0 saturated heterocycles. The van der Waals surface area contributed by atoms with E-state index >= 15 is 0 Å². The van der Waals surface area contributed by atoms with E-state index in [1.165, 1.54) is 12.4 Å². The molecule has 0 N–H and O–H groups in total. The largest absolute Gasteiger partial charge is 0.339 e. The van der Waals surface area contributed by atoms with Crippen molar-refractivity contribution in [2.75, 3.05) is 11.4 Å². The molecule has 6 fully saturated rings. The molecule has 6 aliphatic carbocycles. The van der Waals surface area contributed by atoms with E-state index in [0.717, 1.165) is 74.3 Å². The van der Waals surface area contributed by atoms with Gasteiger partial charge in [-0.1, -0.05) is 23.7 Å². The molecule has 2 heterocycles. The first-order valence-electron chi connectivity index (χ1n) is 15.0.